The van der Waals surface area contributed by atoms with E-state index in [4.69, 9.17) is 4.74 Å². The zero-order chi connectivity index (χ0) is 12.4. The standard InChI is InChI=1S/C14H17FO2/c1-9-3-6-12(15)7-11(9)8-13(16)14(17-2)10-4-5-10/h3,6-7,10,14H,4-5,8H2,1-2H3. The van der Waals surface area contributed by atoms with Crippen LogP contribution in [0.3, 0.4) is 0 Å². The first-order valence-corrected chi connectivity index (χ1v) is 5.92. The van der Waals surface area contributed by atoms with Gasteiger partial charge in [-0.2, -0.15) is 0 Å². The molecule has 0 aromatic heterocycles. The molecule has 0 amide bonds. The van der Waals surface area contributed by atoms with Crippen LogP contribution in [0.4, 0.5) is 4.39 Å². The first kappa shape index (κ1) is 12.2. The molecular weight excluding hydrogens is 219 g/mol. The lowest BCUT2D eigenvalue weighted by Crippen LogP contribution is -2.27. The second kappa shape index (κ2) is 4.96. The van der Waals surface area contributed by atoms with E-state index in [2.05, 4.69) is 0 Å². The van der Waals surface area contributed by atoms with E-state index >= 15 is 0 Å². The predicted molar refractivity (Wildman–Crippen MR) is 63.4 cm³/mol. The summed E-state index contributed by atoms with van der Waals surface area (Å²) in [7, 11) is 1.57. The van der Waals surface area contributed by atoms with Crippen molar-refractivity contribution in [2.75, 3.05) is 7.11 Å². The molecule has 0 heterocycles. The van der Waals surface area contributed by atoms with Gasteiger partial charge in [0.25, 0.3) is 0 Å². The van der Waals surface area contributed by atoms with Crippen molar-refractivity contribution in [3.63, 3.8) is 0 Å². The van der Waals surface area contributed by atoms with E-state index in [-0.39, 0.29) is 24.1 Å². The van der Waals surface area contributed by atoms with Gasteiger partial charge >= 0.3 is 0 Å². The topological polar surface area (TPSA) is 26.3 Å². The van der Waals surface area contributed by atoms with Crippen molar-refractivity contribution in [3.8, 4) is 0 Å². The Morgan fingerprint density at radius 1 is 1.53 bits per heavy atom. The Balaban J connectivity index is 2.08. The molecule has 2 nitrogen and oxygen atoms in total. The first-order chi connectivity index (χ1) is 8.11. The number of Topliss-reactive ketones (excluding diaryl/α,β-unsaturated/α-hetero) is 1. The van der Waals surface area contributed by atoms with Gasteiger partial charge < -0.3 is 4.74 Å². The van der Waals surface area contributed by atoms with Crippen molar-refractivity contribution in [3.05, 3.63) is 35.1 Å². The van der Waals surface area contributed by atoms with Gasteiger partial charge in [-0.3, -0.25) is 4.79 Å². The highest BCUT2D eigenvalue weighted by Crippen LogP contribution is 2.35. The van der Waals surface area contributed by atoms with Crippen LogP contribution in [-0.2, 0) is 16.0 Å². The molecule has 3 heteroatoms. The highest BCUT2D eigenvalue weighted by atomic mass is 19.1. The molecule has 0 saturated heterocycles. The van der Waals surface area contributed by atoms with Crippen LogP contribution < -0.4 is 0 Å². The Kier molecular flexibility index (Phi) is 3.57. The SMILES string of the molecule is COC(C(=O)Cc1cc(F)ccc1C)C1CC1. The van der Waals surface area contributed by atoms with Gasteiger partial charge in [0, 0.05) is 13.5 Å². The lowest BCUT2D eigenvalue weighted by molar-refractivity contribution is -0.129. The molecule has 1 atom stereocenters. The van der Waals surface area contributed by atoms with Gasteiger partial charge in [-0.25, -0.2) is 4.39 Å². The molecule has 1 aliphatic rings. The summed E-state index contributed by atoms with van der Waals surface area (Å²) in [6.07, 6.45) is 2.08. The number of carbonyl (C=O) groups is 1. The number of rotatable bonds is 5. The van der Waals surface area contributed by atoms with Crippen molar-refractivity contribution in [1.29, 1.82) is 0 Å². The van der Waals surface area contributed by atoms with Crippen molar-refractivity contribution >= 4 is 5.78 Å². The minimum absolute atomic E-state index is 0.0590. The van der Waals surface area contributed by atoms with Crippen LogP contribution in [-0.4, -0.2) is 19.0 Å². The Morgan fingerprint density at radius 2 is 2.24 bits per heavy atom. The molecule has 1 fully saturated rings. The van der Waals surface area contributed by atoms with Crippen molar-refractivity contribution in [1.82, 2.24) is 0 Å². The number of ketones is 1. The highest BCUT2D eigenvalue weighted by Gasteiger charge is 2.35. The summed E-state index contributed by atoms with van der Waals surface area (Å²) in [4.78, 5) is 12.0. The van der Waals surface area contributed by atoms with Gasteiger partial charge in [-0.05, 0) is 48.9 Å². The summed E-state index contributed by atoms with van der Waals surface area (Å²) >= 11 is 0. The van der Waals surface area contributed by atoms with Crippen molar-refractivity contribution in [2.45, 2.75) is 32.3 Å². The zero-order valence-corrected chi connectivity index (χ0v) is 10.2. The van der Waals surface area contributed by atoms with E-state index in [0.717, 1.165) is 24.0 Å². The maximum atomic E-state index is 13.1. The Labute approximate surface area is 101 Å². The minimum atomic E-state index is -0.308. The molecular formula is C14H17FO2. The molecule has 2 rings (SSSR count). The highest BCUT2D eigenvalue weighted by molar-refractivity contribution is 5.86. The van der Waals surface area contributed by atoms with Gasteiger partial charge in [0.1, 0.15) is 11.9 Å². The fourth-order valence-electron chi connectivity index (χ4n) is 2.10. The van der Waals surface area contributed by atoms with Gasteiger partial charge in [-0.1, -0.05) is 6.07 Å². The van der Waals surface area contributed by atoms with E-state index < -0.39 is 0 Å². The molecule has 1 aromatic carbocycles. The van der Waals surface area contributed by atoms with Crippen molar-refractivity contribution < 1.29 is 13.9 Å². The van der Waals surface area contributed by atoms with E-state index in [0.29, 0.717) is 5.92 Å². The summed E-state index contributed by atoms with van der Waals surface area (Å²) in [6.45, 7) is 1.89. The normalized spacial score (nSPS) is 16.9. The second-order valence-electron chi connectivity index (χ2n) is 4.71. The molecule has 0 bridgehead atoms. The van der Waals surface area contributed by atoms with Crippen LogP contribution in [0, 0.1) is 18.7 Å². The van der Waals surface area contributed by atoms with E-state index in [1.807, 2.05) is 6.92 Å². The summed E-state index contributed by atoms with van der Waals surface area (Å²) < 4.78 is 18.3. The molecule has 0 aliphatic heterocycles. The van der Waals surface area contributed by atoms with Crippen LogP contribution in [0.2, 0.25) is 0 Å². The summed E-state index contributed by atoms with van der Waals surface area (Å²) in [5, 5.41) is 0. The lowest BCUT2D eigenvalue weighted by Gasteiger charge is -2.14. The number of benzene rings is 1. The number of carbonyl (C=O) groups excluding carboxylic acids is 1. The number of hydrogen-bond acceptors (Lipinski definition) is 2. The molecule has 1 saturated carbocycles. The minimum Gasteiger partial charge on any atom is -0.373 e. The Hall–Kier alpha value is -1.22. The number of hydrogen-bond donors (Lipinski definition) is 0. The van der Waals surface area contributed by atoms with Gasteiger partial charge in [0.2, 0.25) is 0 Å². The summed E-state index contributed by atoms with van der Waals surface area (Å²) in [6, 6.07) is 4.56. The maximum Gasteiger partial charge on any atom is 0.166 e. The van der Waals surface area contributed by atoms with Crippen LogP contribution in [0.15, 0.2) is 18.2 Å². The molecule has 0 spiro atoms. The van der Waals surface area contributed by atoms with E-state index in [9.17, 15) is 9.18 Å². The molecule has 1 aliphatic carbocycles. The lowest BCUT2D eigenvalue weighted by atomic mass is 9.99. The number of aryl methyl sites for hydroxylation is 1. The molecule has 1 aromatic rings. The van der Waals surface area contributed by atoms with Crippen molar-refractivity contribution in [2.24, 2.45) is 5.92 Å². The van der Waals surface area contributed by atoms with Crippen LogP contribution in [0.1, 0.15) is 24.0 Å². The second-order valence-corrected chi connectivity index (χ2v) is 4.71. The van der Waals surface area contributed by atoms with Crippen LogP contribution in [0.25, 0.3) is 0 Å². The van der Waals surface area contributed by atoms with Crippen LogP contribution >= 0.6 is 0 Å². The first-order valence-electron chi connectivity index (χ1n) is 5.92. The molecule has 17 heavy (non-hydrogen) atoms. The fraction of sp³-hybridized carbons (Fsp3) is 0.500. The third-order valence-electron chi connectivity index (χ3n) is 3.30. The number of methoxy groups -OCH3 is 1. The van der Waals surface area contributed by atoms with Crippen LogP contribution in [0.5, 0.6) is 0 Å². The summed E-state index contributed by atoms with van der Waals surface area (Å²) in [5.74, 6) is 0.142. The number of ether oxygens (including phenoxy) is 1. The van der Waals surface area contributed by atoms with Gasteiger partial charge in [0.15, 0.2) is 5.78 Å². The average Bonchev–Trinajstić information content (AvgIpc) is 3.09. The van der Waals surface area contributed by atoms with E-state index in [1.165, 1.54) is 12.1 Å². The van der Waals surface area contributed by atoms with Gasteiger partial charge in [0.05, 0.1) is 0 Å². The third-order valence-corrected chi connectivity index (χ3v) is 3.30. The summed E-state index contributed by atoms with van der Waals surface area (Å²) in [5.41, 5.74) is 1.71. The molecule has 92 valence electrons. The molecule has 1 unspecified atom stereocenters. The Bertz CT molecular complexity index is 424. The van der Waals surface area contributed by atoms with Gasteiger partial charge in [-0.15, -0.1) is 0 Å². The largest absolute Gasteiger partial charge is 0.373 e. The predicted octanol–water partition coefficient (Wildman–Crippen LogP) is 2.67. The quantitative estimate of drug-likeness (QED) is 0.785. The third kappa shape index (κ3) is 2.91. The van der Waals surface area contributed by atoms with E-state index in [1.54, 1.807) is 13.2 Å². The Morgan fingerprint density at radius 3 is 2.82 bits per heavy atom. The number of halogens is 1. The maximum absolute atomic E-state index is 13.1. The fourth-order valence-corrected chi connectivity index (χ4v) is 2.10. The molecule has 0 N–H and O–H groups in total. The zero-order valence-electron chi connectivity index (χ0n) is 10.2. The monoisotopic (exact) mass is 236 g/mol. The average molecular weight is 236 g/mol. The smallest absolute Gasteiger partial charge is 0.166 e. The molecule has 0 radical (unpaired) electrons.